The third-order valence-electron chi connectivity index (χ3n) is 3.68. The number of aryl methyl sites for hydroxylation is 1. The molecule has 0 saturated carbocycles. The van der Waals surface area contributed by atoms with Gasteiger partial charge in [-0.25, -0.2) is 8.42 Å². The van der Waals surface area contributed by atoms with E-state index in [-0.39, 0.29) is 13.0 Å². The van der Waals surface area contributed by atoms with Crippen molar-refractivity contribution in [2.45, 2.75) is 24.6 Å². The highest BCUT2D eigenvalue weighted by molar-refractivity contribution is 9.10. The first-order chi connectivity index (χ1) is 9.65. The van der Waals surface area contributed by atoms with Crippen molar-refractivity contribution in [1.29, 1.82) is 0 Å². The molecule has 1 heterocycles. The summed E-state index contributed by atoms with van der Waals surface area (Å²) in [5.74, 6) is -1.34. The van der Waals surface area contributed by atoms with Crippen molar-refractivity contribution in [3.05, 3.63) is 28.9 Å². The Morgan fingerprint density at radius 1 is 1.48 bits per heavy atom. The summed E-state index contributed by atoms with van der Waals surface area (Å²) in [7, 11) is -3.73. The van der Waals surface area contributed by atoms with Crippen molar-refractivity contribution in [2.75, 3.05) is 6.26 Å². The Hall–Kier alpha value is -1.41. The largest absolute Gasteiger partial charge is 0.480 e. The first-order valence-corrected chi connectivity index (χ1v) is 8.88. The number of fused-ring (bicyclic) bond motifs is 1. The van der Waals surface area contributed by atoms with E-state index < -0.39 is 20.6 Å². The van der Waals surface area contributed by atoms with Crippen LogP contribution in [0.3, 0.4) is 0 Å². The molecule has 1 atom stereocenters. The molecule has 0 bridgehead atoms. The summed E-state index contributed by atoms with van der Waals surface area (Å²) < 4.78 is 24.2. The summed E-state index contributed by atoms with van der Waals surface area (Å²) in [4.78, 5) is 11.3. The number of carbonyl (C=O) groups is 1. The molecule has 0 amide bonds. The first kappa shape index (κ1) is 16.0. The van der Waals surface area contributed by atoms with Gasteiger partial charge in [0.2, 0.25) is 0 Å². The minimum Gasteiger partial charge on any atom is -0.480 e. The van der Waals surface area contributed by atoms with Gasteiger partial charge >= 0.3 is 5.97 Å². The molecule has 0 fully saturated rings. The molecule has 2 rings (SSSR count). The fraction of sp³-hybridized carbons (Fsp3) is 0.385. The quantitative estimate of drug-likeness (QED) is 0.864. The highest BCUT2D eigenvalue weighted by Gasteiger charge is 2.43. The van der Waals surface area contributed by atoms with E-state index in [1.54, 1.807) is 10.9 Å². The van der Waals surface area contributed by atoms with E-state index in [2.05, 4.69) is 21.0 Å². The maximum Gasteiger partial charge on any atom is 0.324 e. The molecule has 0 aliphatic heterocycles. The van der Waals surface area contributed by atoms with Crippen molar-refractivity contribution in [2.24, 2.45) is 0 Å². The van der Waals surface area contributed by atoms with Crippen molar-refractivity contribution in [3.63, 3.8) is 0 Å². The lowest BCUT2D eigenvalue weighted by Crippen LogP contribution is -2.43. The monoisotopic (exact) mass is 374 g/mol. The number of hydrogen-bond acceptors (Lipinski definition) is 4. The number of sulfone groups is 1. The Balaban J connectivity index is 2.31. The van der Waals surface area contributed by atoms with E-state index in [1.165, 1.54) is 6.92 Å². The fourth-order valence-corrected chi connectivity index (χ4v) is 3.16. The van der Waals surface area contributed by atoms with Gasteiger partial charge in [-0.1, -0.05) is 15.9 Å². The van der Waals surface area contributed by atoms with Crippen molar-refractivity contribution in [1.82, 2.24) is 9.78 Å². The molecule has 1 N–H and O–H groups in total. The first-order valence-electron chi connectivity index (χ1n) is 6.19. The summed E-state index contributed by atoms with van der Waals surface area (Å²) in [6.07, 6.45) is 2.56. The standard InChI is InChI=1S/C13H15BrN2O4S/c1-13(12(17)18,21(2,19)20)5-6-16-11-4-3-10(14)7-9(11)8-15-16/h3-4,7-8H,5-6H2,1-2H3,(H,17,18)/t13-/m1/s1. The second-order valence-electron chi connectivity index (χ2n) is 5.13. The van der Waals surface area contributed by atoms with Gasteiger partial charge in [-0.3, -0.25) is 9.48 Å². The Labute approximate surface area is 130 Å². The molecule has 114 valence electrons. The van der Waals surface area contributed by atoms with Crippen LogP contribution in [0.25, 0.3) is 10.9 Å². The van der Waals surface area contributed by atoms with Gasteiger partial charge in [-0.05, 0) is 31.5 Å². The predicted octanol–water partition coefficient (Wildman–Crippen LogP) is 2.08. The third-order valence-corrected chi connectivity index (χ3v) is 6.18. The van der Waals surface area contributed by atoms with Crippen LogP contribution in [0.2, 0.25) is 0 Å². The highest BCUT2D eigenvalue weighted by atomic mass is 79.9. The minimum atomic E-state index is -3.73. The second kappa shape index (κ2) is 5.42. The third kappa shape index (κ3) is 2.96. The molecule has 2 aromatic rings. The number of halogens is 1. The maximum atomic E-state index is 11.7. The molecular weight excluding hydrogens is 360 g/mol. The molecule has 0 spiro atoms. The molecule has 6 nitrogen and oxygen atoms in total. The zero-order valence-corrected chi connectivity index (χ0v) is 14.0. The Morgan fingerprint density at radius 2 is 2.14 bits per heavy atom. The van der Waals surface area contributed by atoms with Crippen molar-refractivity contribution >= 4 is 42.6 Å². The van der Waals surface area contributed by atoms with Gasteiger partial charge in [0.05, 0.1) is 11.7 Å². The zero-order chi connectivity index (χ0) is 15.8. The van der Waals surface area contributed by atoms with E-state index in [9.17, 15) is 18.3 Å². The highest BCUT2D eigenvalue weighted by Crippen LogP contribution is 2.24. The number of carboxylic acid groups (broad SMARTS) is 1. The zero-order valence-electron chi connectivity index (χ0n) is 11.6. The number of aromatic nitrogens is 2. The van der Waals surface area contributed by atoms with Crippen molar-refractivity contribution < 1.29 is 18.3 Å². The van der Waals surface area contributed by atoms with Crippen LogP contribution in [0, 0.1) is 0 Å². The lowest BCUT2D eigenvalue weighted by atomic mass is 10.1. The number of rotatable bonds is 5. The lowest BCUT2D eigenvalue weighted by Gasteiger charge is -2.22. The molecule has 1 aromatic heterocycles. The van der Waals surface area contributed by atoms with E-state index in [0.29, 0.717) is 0 Å². The predicted molar refractivity (Wildman–Crippen MR) is 82.9 cm³/mol. The average Bonchev–Trinajstić information content (AvgIpc) is 2.76. The summed E-state index contributed by atoms with van der Waals surface area (Å²) >= 11 is 3.36. The number of benzene rings is 1. The van der Waals surface area contributed by atoms with E-state index in [4.69, 9.17) is 0 Å². The Morgan fingerprint density at radius 3 is 2.71 bits per heavy atom. The fourth-order valence-electron chi connectivity index (χ4n) is 2.01. The van der Waals surface area contributed by atoms with Crippen LogP contribution in [0.5, 0.6) is 0 Å². The molecule has 0 aliphatic carbocycles. The van der Waals surface area contributed by atoms with Crippen LogP contribution in [0.4, 0.5) is 0 Å². The smallest absolute Gasteiger partial charge is 0.324 e. The van der Waals surface area contributed by atoms with Crippen LogP contribution >= 0.6 is 15.9 Å². The summed E-state index contributed by atoms with van der Waals surface area (Å²) in [5.41, 5.74) is 0.833. The number of carboxylic acids is 1. The van der Waals surface area contributed by atoms with Crippen LogP contribution in [-0.2, 0) is 21.2 Å². The van der Waals surface area contributed by atoms with E-state index in [0.717, 1.165) is 21.6 Å². The summed E-state index contributed by atoms with van der Waals surface area (Å²) in [5, 5.41) is 14.3. The number of nitrogens with zero attached hydrogens (tertiary/aromatic N) is 2. The van der Waals surface area contributed by atoms with Crippen LogP contribution in [0.15, 0.2) is 28.9 Å². The summed E-state index contributed by atoms with van der Waals surface area (Å²) in [6.45, 7) is 1.44. The lowest BCUT2D eigenvalue weighted by molar-refractivity contribution is -0.139. The van der Waals surface area contributed by atoms with Crippen LogP contribution in [0.1, 0.15) is 13.3 Å². The molecule has 0 unspecified atom stereocenters. The molecule has 0 radical (unpaired) electrons. The molecular formula is C13H15BrN2O4S. The van der Waals surface area contributed by atoms with Gasteiger partial charge in [0.1, 0.15) is 0 Å². The molecule has 0 saturated heterocycles. The number of aliphatic carboxylic acids is 1. The van der Waals surface area contributed by atoms with Gasteiger partial charge in [-0.2, -0.15) is 5.10 Å². The normalized spacial score (nSPS) is 15.0. The maximum absolute atomic E-state index is 11.7. The molecule has 21 heavy (non-hydrogen) atoms. The Bertz CT molecular complexity index is 800. The SMILES string of the molecule is C[C@@](CCn1ncc2cc(Br)ccc21)(C(=O)O)S(C)(=O)=O. The Kier molecular flexibility index (Phi) is 4.12. The molecule has 8 heteroatoms. The van der Waals surface area contributed by atoms with Gasteiger partial charge in [0, 0.05) is 22.7 Å². The van der Waals surface area contributed by atoms with Crippen LogP contribution < -0.4 is 0 Å². The molecule has 0 aliphatic rings. The topological polar surface area (TPSA) is 89.3 Å². The summed E-state index contributed by atoms with van der Waals surface area (Å²) in [6, 6.07) is 5.60. The van der Waals surface area contributed by atoms with E-state index in [1.807, 2.05) is 18.2 Å². The van der Waals surface area contributed by atoms with Gasteiger partial charge in [0.15, 0.2) is 14.6 Å². The number of hydrogen-bond donors (Lipinski definition) is 1. The van der Waals surface area contributed by atoms with Crippen LogP contribution in [-0.4, -0.2) is 40.3 Å². The van der Waals surface area contributed by atoms with Gasteiger partial charge in [-0.15, -0.1) is 0 Å². The molecule has 1 aromatic carbocycles. The van der Waals surface area contributed by atoms with Gasteiger partial charge in [0.25, 0.3) is 0 Å². The van der Waals surface area contributed by atoms with Crippen molar-refractivity contribution in [3.8, 4) is 0 Å². The second-order valence-corrected chi connectivity index (χ2v) is 8.49. The average molecular weight is 375 g/mol. The minimum absolute atomic E-state index is 0.0476. The van der Waals surface area contributed by atoms with Gasteiger partial charge < -0.3 is 5.11 Å². The van der Waals surface area contributed by atoms with E-state index >= 15 is 0 Å².